The molecule has 0 spiro atoms. The molecule has 1 aromatic carbocycles. The van der Waals surface area contributed by atoms with Gasteiger partial charge in [-0.25, -0.2) is 4.79 Å². The first-order chi connectivity index (χ1) is 9.19. The Hall–Kier alpha value is -0.810. The molecular formula is C15H24Cl2N2O2. The molecule has 0 saturated carbocycles. The number of carbonyl (C=O) groups is 1. The van der Waals surface area contributed by atoms with Gasteiger partial charge in [-0.2, -0.15) is 0 Å². The molecule has 0 aromatic heterocycles. The number of nitrogens with zero attached hydrogens (tertiary/aromatic N) is 1. The highest BCUT2D eigenvalue weighted by molar-refractivity contribution is 5.89. The molecule has 0 bridgehead atoms. The van der Waals surface area contributed by atoms with Gasteiger partial charge in [0.25, 0.3) is 0 Å². The normalized spacial score (nSPS) is 18.3. The van der Waals surface area contributed by atoms with Crippen molar-refractivity contribution in [3.63, 3.8) is 0 Å². The van der Waals surface area contributed by atoms with Gasteiger partial charge in [-0.3, -0.25) is 0 Å². The minimum Gasteiger partial charge on any atom is -0.465 e. The molecule has 0 unspecified atom stereocenters. The molecule has 1 aliphatic rings. The highest BCUT2D eigenvalue weighted by Gasteiger charge is 2.15. The summed E-state index contributed by atoms with van der Waals surface area (Å²) in [6.07, 6.45) is 3.33. The van der Waals surface area contributed by atoms with E-state index in [2.05, 4.69) is 9.64 Å². The minimum absolute atomic E-state index is 0. The molecule has 2 N–H and O–H groups in total. The molecule has 1 atom stereocenters. The molecule has 1 fully saturated rings. The summed E-state index contributed by atoms with van der Waals surface area (Å²) >= 11 is 0. The number of hydrogen-bond donors (Lipinski definition) is 1. The molecule has 0 aliphatic carbocycles. The first-order valence-corrected chi connectivity index (χ1v) is 6.84. The van der Waals surface area contributed by atoms with Crippen molar-refractivity contribution in [1.29, 1.82) is 0 Å². The number of piperidine rings is 1. The lowest BCUT2D eigenvalue weighted by atomic mass is 10.0. The van der Waals surface area contributed by atoms with Crippen molar-refractivity contribution in [2.75, 3.05) is 26.7 Å². The molecule has 1 saturated heterocycles. The Labute approximate surface area is 138 Å². The van der Waals surface area contributed by atoms with Gasteiger partial charge in [-0.1, -0.05) is 12.1 Å². The van der Waals surface area contributed by atoms with Crippen LogP contribution < -0.4 is 5.73 Å². The zero-order valence-corrected chi connectivity index (χ0v) is 13.9. The second kappa shape index (κ2) is 10.0. The van der Waals surface area contributed by atoms with Crippen LogP contribution in [-0.4, -0.2) is 43.7 Å². The number of carbonyl (C=O) groups excluding carboxylic acids is 1. The topological polar surface area (TPSA) is 55.6 Å². The zero-order chi connectivity index (χ0) is 13.7. The predicted octanol–water partition coefficient (Wildman–Crippen LogP) is 2.28. The van der Waals surface area contributed by atoms with Crippen molar-refractivity contribution in [2.45, 2.75) is 25.3 Å². The predicted molar refractivity (Wildman–Crippen MR) is 89.6 cm³/mol. The second-order valence-electron chi connectivity index (χ2n) is 5.14. The molecule has 0 radical (unpaired) electrons. The van der Waals surface area contributed by atoms with Crippen molar-refractivity contribution < 1.29 is 9.53 Å². The third-order valence-electron chi connectivity index (χ3n) is 3.63. The van der Waals surface area contributed by atoms with Crippen molar-refractivity contribution in [3.8, 4) is 0 Å². The molecule has 120 valence electrons. The Morgan fingerprint density at radius 2 is 2.00 bits per heavy atom. The third-order valence-corrected chi connectivity index (χ3v) is 3.63. The quantitative estimate of drug-likeness (QED) is 0.858. The Morgan fingerprint density at radius 1 is 1.33 bits per heavy atom. The van der Waals surface area contributed by atoms with E-state index < -0.39 is 0 Å². The molecule has 2 rings (SSSR count). The van der Waals surface area contributed by atoms with E-state index in [-0.39, 0.29) is 30.8 Å². The monoisotopic (exact) mass is 334 g/mol. The largest absolute Gasteiger partial charge is 0.465 e. The standard InChI is InChI=1S/C15H22N2O2.2ClH/c1-19-15(18)13-6-4-12(5-7-13)8-10-17-9-2-3-14(16)11-17;;/h4-7,14H,2-3,8-11,16H2,1H3;2*1H/t14-;;/m0../s1. The van der Waals surface area contributed by atoms with Crippen LogP contribution in [-0.2, 0) is 11.2 Å². The number of esters is 1. The van der Waals surface area contributed by atoms with Crippen LogP contribution in [0.15, 0.2) is 24.3 Å². The van der Waals surface area contributed by atoms with Crippen molar-refractivity contribution >= 4 is 30.8 Å². The van der Waals surface area contributed by atoms with Gasteiger partial charge < -0.3 is 15.4 Å². The summed E-state index contributed by atoms with van der Waals surface area (Å²) in [6, 6.07) is 7.97. The average Bonchev–Trinajstić information content (AvgIpc) is 2.45. The first kappa shape index (κ1) is 20.2. The molecule has 1 heterocycles. The summed E-state index contributed by atoms with van der Waals surface area (Å²) in [7, 11) is 1.40. The van der Waals surface area contributed by atoms with Crippen LogP contribution in [0.25, 0.3) is 0 Å². The van der Waals surface area contributed by atoms with E-state index >= 15 is 0 Å². The lowest BCUT2D eigenvalue weighted by Gasteiger charge is -2.30. The van der Waals surface area contributed by atoms with Gasteiger partial charge in [0.05, 0.1) is 12.7 Å². The fraction of sp³-hybridized carbons (Fsp3) is 0.533. The summed E-state index contributed by atoms with van der Waals surface area (Å²) in [4.78, 5) is 13.7. The second-order valence-corrected chi connectivity index (χ2v) is 5.14. The number of likely N-dealkylation sites (tertiary alicyclic amines) is 1. The number of methoxy groups -OCH3 is 1. The van der Waals surface area contributed by atoms with Gasteiger partial charge >= 0.3 is 5.97 Å². The third kappa shape index (κ3) is 6.22. The highest BCUT2D eigenvalue weighted by atomic mass is 35.5. The van der Waals surface area contributed by atoms with Crippen LogP contribution in [0.5, 0.6) is 0 Å². The molecule has 0 amide bonds. The fourth-order valence-corrected chi connectivity index (χ4v) is 2.51. The molecule has 6 heteroatoms. The average molecular weight is 335 g/mol. The molecule has 21 heavy (non-hydrogen) atoms. The van der Waals surface area contributed by atoms with Gasteiger partial charge in [0.1, 0.15) is 0 Å². The van der Waals surface area contributed by atoms with Crippen molar-refractivity contribution in [3.05, 3.63) is 35.4 Å². The number of rotatable bonds is 4. The lowest BCUT2D eigenvalue weighted by molar-refractivity contribution is 0.0600. The Kier molecular flexibility index (Phi) is 9.62. The van der Waals surface area contributed by atoms with E-state index in [0.29, 0.717) is 11.6 Å². The maximum atomic E-state index is 11.3. The molecular weight excluding hydrogens is 311 g/mol. The van der Waals surface area contributed by atoms with E-state index in [4.69, 9.17) is 5.73 Å². The highest BCUT2D eigenvalue weighted by Crippen LogP contribution is 2.11. The van der Waals surface area contributed by atoms with Crippen LogP contribution >= 0.6 is 24.8 Å². The van der Waals surface area contributed by atoms with Crippen molar-refractivity contribution in [1.82, 2.24) is 4.90 Å². The van der Waals surface area contributed by atoms with E-state index in [0.717, 1.165) is 32.5 Å². The molecule has 4 nitrogen and oxygen atoms in total. The van der Waals surface area contributed by atoms with Crippen molar-refractivity contribution in [2.24, 2.45) is 5.73 Å². The summed E-state index contributed by atoms with van der Waals surface area (Å²) in [6.45, 7) is 3.18. The van der Waals surface area contributed by atoms with E-state index in [9.17, 15) is 4.79 Å². The number of ether oxygens (including phenoxy) is 1. The van der Waals surface area contributed by atoms with Crippen LogP contribution in [0.3, 0.4) is 0 Å². The summed E-state index contributed by atoms with van der Waals surface area (Å²) < 4.78 is 4.68. The zero-order valence-electron chi connectivity index (χ0n) is 12.3. The fourth-order valence-electron chi connectivity index (χ4n) is 2.51. The molecule has 1 aliphatic heterocycles. The van der Waals surface area contributed by atoms with Crippen LogP contribution in [0.4, 0.5) is 0 Å². The maximum Gasteiger partial charge on any atom is 0.337 e. The van der Waals surface area contributed by atoms with Gasteiger partial charge in [-0.05, 0) is 43.5 Å². The van der Waals surface area contributed by atoms with Gasteiger partial charge in [0.15, 0.2) is 0 Å². The van der Waals surface area contributed by atoms with Crippen LogP contribution in [0, 0.1) is 0 Å². The number of hydrogen-bond acceptors (Lipinski definition) is 4. The summed E-state index contributed by atoms with van der Waals surface area (Å²) in [5.74, 6) is -0.284. The number of benzene rings is 1. The van der Waals surface area contributed by atoms with Crippen LogP contribution in [0.2, 0.25) is 0 Å². The Bertz CT molecular complexity index is 426. The SMILES string of the molecule is COC(=O)c1ccc(CCN2CCC[C@H](N)C2)cc1.Cl.Cl. The van der Waals surface area contributed by atoms with Crippen LogP contribution in [0.1, 0.15) is 28.8 Å². The summed E-state index contributed by atoms with van der Waals surface area (Å²) in [5.41, 5.74) is 7.81. The first-order valence-electron chi connectivity index (χ1n) is 6.84. The minimum atomic E-state index is -0.284. The van der Waals surface area contributed by atoms with E-state index in [1.54, 1.807) is 0 Å². The van der Waals surface area contributed by atoms with E-state index in [1.165, 1.54) is 19.1 Å². The van der Waals surface area contributed by atoms with Gasteiger partial charge in [0, 0.05) is 19.1 Å². The Balaban J connectivity index is 0.00000200. The molecule has 1 aromatic rings. The number of nitrogens with two attached hydrogens (primary N) is 1. The smallest absolute Gasteiger partial charge is 0.337 e. The number of halogens is 2. The Morgan fingerprint density at radius 3 is 2.57 bits per heavy atom. The van der Waals surface area contributed by atoms with Gasteiger partial charge in [-0.15, -0.1) is 24.8 Å². The lowest BCUT2D eigenvalue weighted by Crippen LogP contribution is -2.43. The maximum absolute atomic E-state index is 11.3. The summed E-state index contributed by atoms with van der Waals surface area (Å²) in [5, 5.41) is 0. The van der Waals surface area contributed by atoms with Gasteiger partial charge in [0.2, 0.25) is 0 Å². The van der Waals surface area contributed by atoms with E-state index in [1.807, 2.05) is 24.3 Å².